The second kappa shape index (κ2) is 9.30. The van der Waals surface area contributed by atoms with E-state index in [1.165, 1.54) is 0 Å². The van der Waals surface area contributed by atoms with Crippen LogP contribution in [0.2, 0.25) is 5.02 Å². The molecule has 0 aliphatic rings. The number of aliphatic hydroxyl groups is 1. The summed E-state index contributed by atoms with van der Waals surface area (Å²) in [5.41, 5.74) is 1.73. The van der Waals surface area contributed by atoms with E-state index in [1.54, 1.807) is 24.3 Å². The van der Waals surface area contributed by atoms with Gasteiger partial charge in [0, 0.05) is 18.0 Å². The average molecular weight is 348 g/mol. The summed E-state index contributed by atoms with van der Waals surface area (Å²) in [7, 11) is 0. The molecule has 128 valence electrons. The standard InChI is InChI=1S/C19H22ClNO3/c1-2-24-18-6-4-3-5-15(18)9-12-19(23)21-13-17(22)14-7-10-16(20)11-8-14/h3-8,10-11,17,22H,2,9,12-13H2,1H3,(H,21,23). The molecule has 0 bridgehead atoms. The van der Waals surface area contributed by atoms with E-state index in [-0.39, 0.29) is 12.5 Å². The Bertz CT molecular complexity index is 658. The van der Waals surface area contributed by atoms with Crippen molar-refractivity contribution in [3.05, 3.63) is 64.7 Å². The molecule has 2 aromatic rings. The van der Waals surface area contributed by atoms with Gasteiger partial charge >= 0.3 is 0 Å². The lowest BCUT2D eigenvalue weighted by molar-refractivity contribution is -0.121. The van der Waals surface area contributed by atoms with Crippen molar-refractivity contribution in [2.45, 2.75) is 25.9 Å². The van der Waals surface area contributed by atoms with Crippen molar-refractivity contribution in [1.29, 1.82) is 0 Å². The predicted octanol–water partition coefficient (Wildman–Crippen LogP) is 3.52. The van der Waals surface area contributed by atoms with Crippen LogP contribution >= 0.6 is 11.6 Å². The molecule has 0 fully saturated rings. The zero-order valence-corrected chi connectivity index (χ0v) is 14.4. The first-order chi connectivity index (χ1) is 11.6. The number of rotatable bonds is 8. The molecular weight excluding hydrogens is 326 g/mol. The van der Waals surface area contributed by atoms with Crippen LogP contribution in [0.25, 0.3) is 0 Å². The van der Waals surface area contributed by atoms with Crippen molar-refractivity contribution in [2.75, 3.05) is 13.2 Å². The van der Waals surface area contributed by atoms with Gasteiger partial charge in [-0.3, -0.25) is 4.79 Å². The Hall–Kier alpha value is -2.04. The topological polar surface area (TPSA) is 58.6 Å². The normalized spacial score (nSPS) is 11.8. The van der Waals surface area contributed by atoms with Gasteiger partial charge in [-0.25, -0.2) is 0 Å². The average Bonchev–Trinajstić information content (AvgIpc) is 2.60. The van der Waals surface area contributed by atoms with Crippen molar-refractivity contribution in [3.63, 3.8) is 0 Å². The van der Waals surface area contributed by atoms with Crippen molar-refractivity contribution in [2.24, 2.45) is 0 Å². The van der Waals surface area contributed by atoms with Crippen LogP contribution in [0.5, 0.6) is 5.75 Å². The summed E-state index contributed by atoms with van der Waals surface area (Å²) in [5.74, 6) is 0.711. The largest absolute Gasteiger partial charge is 0.494 e. The zero-order valence-electron chi connectivity index (χ0n) is 13.7. The summed E-state index contributed by atoms with van der Waals surface area (Å²) in [4.78, 5) is 12.0. The molecule has 2 aromatic carbocycles. The van der Waals surface area contributed by atoms with Crippen molar-refractivity contribution in [1.82, 2.24) is 5.32 Å². The molecule has 0 aromatic heterocycles. The number of halogens is 1. The Labute approximate surface area is 147 Å². The van der Waals surface area contributed by atoms with E-state index in [0.717, 1.165) is 16.9 Å². The van der Waals surface area contributed by atoms with Crippen molar-refractivity contribution >= 4 is 17.5 Å². The molecule has 1 atom stereocenters. The molecule has 0 aliphatic carbocycles. The third-order valence-corrected chi connectivity index (χ3v) is 3.89. The molecule has 24 heavy (non-hydrogen) atoms. The van der Waals surface area contributed by atoms with Gasteiger partial charge in [0.25, 0.3) is 0 Å². The number of aryl methyl sites for hydroxylation is 1. The predicted molar refractivity (Wildman–Crippen MR) is 95.4 cm³/mol. The van der Waals surface area contributed by atoms with Crippen LogP contribution in [-0.2, 0) is 11.2 Å². The molecule has 2 rings (SSSR count). The number of benzene rings is 2. The first-order valence-corrected chi connectivity index (χ1v) is 8.39. The van der Waals surface area contributed by atoms with Gasteiger partial charge in [0.15, 0.2) is 0 Å². The molecule has 1 amide bonds. The summed E-state index contributed by atoms with van der Waals surface area (Å²) in [6, 6.07) is 14.6. The molecule has 5 heteroatoms. The zero-order chi connectivity index (χ0) is 17.4. The van der Waals surface area contributed by atoms with Gasteiger partial charge in [0.2, 0.25) is 5.91 Å². The number of aliphatic hydroxyl groups excluding tert-OH is 1. The highest BCUT2D eigenvalue weighted by atomic mass is 35.5. The first-order valence-electron chi connectivity index (χ1n) is 8.01. The Kier molecular flexibility index (Phi) is 7.09. The van der Waals surface area contributed by atoms with E-state index >= 15 is 0 Å². The smallest absolute Gasteiger partial charge is 0.220 e. The Morgan fingerprint density at radius 2 is 1.92 bits per heavy atom. The number of hydrogen-bond acceptors (Lipinski definition) is 3. The van der Waals surface area contributed by atoms with Gasteiger partial charge < -0.3 is 15.2 Å². The van der Waals surface area contributed by atoms with Crippen LogP contribution in [0, 0.1) is 0 Å². The monoisotopic (exact) mass is 347 g/mol. The number of carbonyl (C=O) groups is 1. The number of ether oxygens (including phenoxy) is 1. The fraction of sp³-hybridized carbons (Fsp3) is 0.316. The lowest BCUT2D eigenvalue weighted by atomic mass is 10.1. The minimum atomic E-state index is -0.748. The molecule has 2 N–H and O–H groups in total. The second-order valence-corrected chi connectivity index (χ2v) is 5.85. The van der Waals surface area contributed by atoms with Gasteiger partial charge in [-0.15, -0.1) is 0 Å². The third-order valence-electron chi connectivity index (χ3n) is 3.64. The molecule has 0 spiro atoms. The van der Waals surface area contributed by atoms with Crippen LogP contribution in [0.3, 0.4) is 0 Å². The Balaban J connectivity index is 1.80. The summed E-state index contributed by atoms with van der Waals surface area (Å²) in [5, 5.41) is 13.5. The summed E-state index contributed by atoms with van der Waals surface area (Å²) in [6.07, 6.45) is 0.193. The highest BCUT2D eigenvalue weighted by Gasteiger charge is 2.10. The third kappa shape index (κ3) is 5.55. The van der Waals surface area contributed by atoms with E-state index < -0.39 is 6.10 Å². The molecule has 0 heterocycles. The first kappa shape index (κ1) is 18.3. The van der Waals surface area contributed by atoms with Gasteiger partial charge in [0.05, 0.1) is 12.7 Å². The lowest BCUT2D eigenvalue weighted by Crippen LogP contribution is -2.28. The lowest BCUT2D eigenvalue weighted by Gasteiger charge is -2.13. The maximum atomic E-state index is 12.0. The number of para-hydroxylation sites is 1. The van der Waals surface area contributed by atoms with Crippen molar-refractivity contribution in [3.8, 4) is 5.75 Å². The Morgan fingerprint density at radius 1 is 1.21 bits per heavy atom. The number of nitrogens with one attached hydrogen (secondary N) is 1. The highest BCUT2D eigenvalue weighted by Crippen LogP contribution is 2.19. The van der Waals surface area contributed by atoms with Crippen LogP contribution in [-0.4, -0.2) is 24.2 Å². The van der Waals surface area contributed by atoms with E-state index in [4.69, 9.17) is 16.3 Å². The van der Waals surface area contributed by atoms with E-state index in [2.05, 4.69) is 5.32 Å². The maximum absolute atomic E-state index is 12.0. The van der Waals surface area contributed by atoms with Gasteiger partial charge in [-0.1, -0.05) is 41.9 Å². The summed E-state index contributed by atoms with van der Waals surface area (Å²) in [6.45, 7) is 2.70. The van der Waals surface area contributed by atoms with Crippen molar-refractivity contribution < 1.29 is 14.6 Å². The van der Waals surface area contributed by atoms with Gasteiger partial charge in [-0.05, 0) is 42.7 Å². The molecule has 1 unspecified atom stereocenters. The number of carbonyl (C=O) groups excluding carboxylic acids is 1. The van der Waals surface area contributed by atoms with Crippen LogP contribution in [0.15, 0.2) is 48.5 Å². The van der Waals surface area contributed by atoms with Crippen LogP contribution in [0.1, 0.15) is 30.6 Å². The van der Waals surface area contributed by atoms with Gasteiger partial charge in [0.1, 0.15) is 5.75 Å². The van der Waals surface area contributed by atoms with E-state index in [1.807, 2.05) is 31.2 Å². The molecule has 4 nitrogen and oxygen atoms in total. The van der Waals surface area contributed by atoms with Crippen LogP contribution in [0.4, 0.5) is 0 Å². The Morgan fingerprint density at radius 3 is 2.62 bits per heavy atom. The number of hydrogen-bond donors (Lipinski definition) is 2. The summed E-state index contributed by atoms with van der Waals surface area (Å²) >= 11 is 5.82. The number of amides is 1. The maximum Gasteiger partial charge on any atom is 0.220 e. The molecule has 0 saturated heterocycles. The van der Waals surface area contributed by atoms with Crippen LogP contribution < -0.4 is 10.1 Å². The second-order valence-electron chi connectivity index (χ2n) is 5.41. The highest BCUT2D eigenvalue weighted by molar-refractivity contribution is 6.30. The quantitative estimate of drug-likeness (QED) is 0.768. The molecule has 0 aliphatic heterocycles. The molecule has 0 radical (unpaired) electrons. The summed E-state index contributed by atoms with van der Waals surface area (Å²) < 4.78 is 5.55. The van der Waals surface area contributed by atoms with E-state index in [9.17, 15) is 9.90 Å². The van der Waals surface area contributed by atoms with Gasteiger partial charge in [-0.2, -0.15) is 0 Å². The molecular formula is C19H22ClNO3. The van der Waals surface area contributed by atoms with E-state index in [0.29, 0.717) is 24.5 Å². The molecule has 0 saturated carbocycles. The SMILES string of the molecule is CCOc1ccccc1CCC(=O)NCC(O)c1ccc(Cl)cc1. The fourth-order valence-corrected chi connectivity index (χ4v) is 2.48. The minimum absolute atomic E-state index is 0.102. The fourth-order valence-electron chi connectivity index (χ4n) is 2.36. The minimum Gasteiger partial charge on any atom is -0.494 e.